The molecule has 27 heavy (non-hydrogen) atoms. The van der Waals surface area contributed by atoms with Crippen molar-refractivity contribution < 1.29 is 0 Å². The van der Waals surface area contributed by atoms with E-state index in [1.807, 2.05) is 6.08 Å². The fourth-order valence-corrected chi connectivity index (χ4v) is 4.03. The summed E-state index contributed by atoms with van der Waals surface area (Å²) in [6.07, 6.45) is 23.5. The van der Waals surface area contributed by atoms with E-state index in [1.54, 1.807) is 0 Å². The molecule has 146 valence electrons. The molecule has 0 aromatic heterocycles. The Labute approximate surface area is 168 Å². The van der Waals surface area contributed by atoms with Crippen molar-refractivity contribution in [3.63, 3.8) is 0 Å². The van der Waals surface area contributed by atoms with Gasteiger partial charge in [-0.2, -0.15) is 0 Å². The van der Waals surface area contributed by atoms with Crippen LogP contribution in [0.2, 0.25) is 0 Å². The van der Waals surface area contributed by atoms with Crippen molar-refractivity contribution >= 4 is 6.08 Å². The van der Waals surface area contributed by atoms with E-state index in [1.165, 1.54) is 75.3 Å². The number of benzene rings is 1. The van der Waals surface area contributed by atoms with Gasteiger partial charge in [-0.3, -0.25) is 0 Å². The molecule has 1 saturated carbocycles. The molecule has 0 radical (unpaired) electrons. The van der Waals surface area contributed by atoms with Gasteiger partial charge in [0.15, 0.2) is 0 Å². The lowest BCUT2D eigenvalue weighted by Crippen LogP contribution is -2.12. The van der Waals surface area contributed by atoms with E-state index in [9.17, 15) is 0 Å². The Hall–Kier alpha value is -1.74. The molecular weight excluding hydrogens is 324 g/mol. The average molecular weight is 363 g/mol. The van der Waals surface area contributed by atoms with E-state index >= 15 is 0 Å². The van der Waals surface area contributed by atoms with Gasteiger partial charge < -0.3 is 0 Å². The molecular formula is C27H38. The first-order valence-electron chi connectivity index (χ1n) is 11.2. The molecule has 2 rings (SSSR count). The van der Waals surface area contributed by atoms with Gasteiger partial charge in [-0.15, -0.1) is 0 Å². The molecule has 0 heteroatoms. The first-order valence-corrected chi connectivity index (χ1v) is 11.2. The number of unbranched alkanes of at least 4 members (excludes halogenated alkanes) is 3. The van der Waals surface area contributed by atoms with E-state index in [-0.39, 0.29) is 0 Å². The Morgan fingerprint density at radius 2 is 1.59 bits per heavy atom. The van der Waals surface area contributed by atoms with Crippen molar-refractivity contribution in [2.45, 2.75) is 84.5 Å². The minimum atomic E-state index is 0.751. The number of rotatable bonds is 9. The van der Waals surface area contributed by atoms with Gasteiger partial charge >= 0.3 is 0 Å². The molecule has 0 unspecified atom stereocenters. The van der Waals surface area contributed by atoms with Crippen LogP contribution in [-0.2, 0) is 6.42 Å². The van der Waals surface area contributed by atoms with Gasteiger partial charge in [0.05, 0.1) is 0 Å². The summed E-state index contributed by atoms with van der Waals surface area (Å²) in [6, 6.07) is 8.80. The topological polar surface area (TPSA) is 0 Å². The van der Waals surface area contributed by atoms with Crippen LogP contribution in [0, 0.1) is 23.7 Å². The Balaban J connectivity index is 1.65. The summed E-state index contributed by atoms with van der Waals surface area (Å²) in [5, 5.41) is 0. The molecule has 0 amide bonds. The maximum absolute atomic E-state index is 3.18. The molecule has 1 aromatic rings. The van der Waals surface area contributed by atoms with E-state index in [2.05, 4.69) is 68.2 Å². The van der Waals surface area contributed by atoms with Crippen molar-refractivity contribution in [3.05, 3.63) is 53.6 Å². The predicted octanol–water partition coefficient (Wildman–Crippen LogP) is 7.99. The van der Waals surface area contributed by atoms with E-state index in [0.29, 0.717) is 0 Å². The molecule has 1 aliphatic carbocycles. The average Bonchev–Trinajstić information content (AvgIpc) is 2.70. The summed E-state index contributed by atoms with van der Waals surface area (Å²) in [7, 11) is 0. The summed E-state index contributed by atoms with van der Waals surface area (Å²) in [4.78, 5) is 0. The van der Waals surface area contributed by atoms with E-state index in [0.717, 1.165) is 18.3 Å². The third-order valence-electron chi connectivity index (χ3n) is 5.77. The molecule has 0 atom stereocenters. The number of hydrogen-bond acceptors (Lipinski definition) is 0. The van der Waals surface area contributed by atoms with Crippen molar-refractivity contribution in [2.24, 2.45) is 11.8 Å². The fraction of sp³-hybridized carbons (Fsp3) is 0.556. The van der Waals surface area contributed by atoms with Crippen molar-refractivity contribution in [3.8, 4) is 11.8 Å². The number of aryl methyl sites for hydroxylation is 1. The van der Waals surface area contributed by atoms with Gasteiger partial charge in [-0.1, -0.05) is 94.6 Å². The van der Waals surface area contributed by atoms with Gasteiger partial charge in [-0.05, 0) is 73.3 Å². The Morgan fingerprint density at radius 3 is 2.30 bits per heavy atom. The Bertz CT molecular complexity index is 612. The summed E-state index contributed by atoms with van der Waals surface area (Å²) in [5.41, 5.74) is 2.64. The summed E-state index contributed by atoms with van der Waals surface area (Å²) in [6.45, 7) is 4.51. The largest absolute Gasteiger partial charge is 0.0730 e. The molecule has 0 saturated heterocycles. The van der Waals surface area contributed by atoms with Crippen molar-refractivity contribution in [1.82, 2.24) is 0 Å². The Morgan fingerprint density at radius 1 is 0.852 bits per heavy atom. The normalized spacial score (nSPS) is 20.1. The highest BCUT2D eigenvalue weighted by Crippen LogP contribution is 2.32. The first-order chi connectivity index (χ1) is 13.3. The molecule has 0 aliphatic heterocycles. The molecule has 0 heterocycles. The van der Waals surface area contributed by atoms with Crippen LogP contribution in [0.5, 0.6) is 0 Å². The van der Waals surface area contributed by atoms with Gasteiger partial charge in [0, 0.05) is 0 Å². The second-order valence-electron chi connectivity index (χ2n) is 8.10. The van der Waals surface area contributed by atoms with Gasteiger partial charge in [0.2, 0.25) is 0 Å². The number of allylic oxidation sites excluding steroid dienone is 3. The third kappa shape index (κ3) is 9.14. The second-order valence-corrected chi connectivity index (χ2v) is 8.10. The van der Waals surface area contributed by atoms with Crippen molar-refractivity contribution in [2.75, 3.05) is 0 Å². The van der Waals surface area contributed by atoms with Crippen LogP contribution < -0.4 is 0 Å². The monoisotopic (exact) mass is 362 g/mol. The minimum absolute atomic E-state index is 0.751. The quantitative estimate of drug-likeness (QED) is 0.308. The number of hydrogen-bond donors (Lipinski definition) is 0. The zero-order chi connectivity index (χ0) is 19.2. The highest BCUT2D eigenvalue weighted by Gasteiger charge is 2.18. The third-order valence-corrected chi connectivity index (χ3v) is 5.77. The van der Waals surface area contributed by atoms with E-state index in [4.69, 9.17) is 0 Å². The molecule has 0 N–H and O–H groups in total. The summed E-state index contributed by atoms with van der Waals surface area (Å²) < 4.78 is 0. The van der Waals surface area contributed by atoms with Gasteiger partial charge in [-0.25, -0.2) is 0 Å². The minimum Gasteiger partial charge on any atom is -0.0730 e. The highest BCUT2D eigenvalue weighted by molar-refractivity contribution is 5.53. The van der Waals surface area contributed by atoms with Crippen LogP contribution >= 0.6 is 0 Å². The lowest BCUT2D eigenvalue weighted by atomic mass is 9.79. The standard InChI is InChI=1S/C27H38/c1-3-5-6-9-13-25-20-22-27(23-21-25)15-11-8-7-10-14-26-18-16-24(12-4-2)17-19-26/h10-11,14-19,25,27H,3-6,9,12-13,20-23H2,1-2H3. The van der Waals surface area contributed by atoms with E-state index < -0.39 is 0 Å². The van der Waals surface area contributed by atoms with Crippen molar-refractivity contribution in [1.29, 1.82) is 0 Å². The zero-order valence-electron chi connectivity index (χ0n) is 17.6. The lowest BCUT2D eigenvalue weighted by Gasteiger charge is -2.26. The SMILES string of the molecule is CCCCCCC1CCC(C=CC#CC=Cc2ccc(CCC)cc2)CC1. The van der Waals surface area contributed by atoms with Gasteiger partial charge in [0.1, 0.15) is 0 Å². The van der Waals surface area contributed by atoms with Crippen LogP contribution in [0.3, 0.4) is 0 Å². The summed E-state index contributed by atoms with van der Waals surface area (Å²) in [5.74, 6) is 8.06. The van der Waals surface area contributed by atoms with Crippen LogP contribution in [0.1, 0.15) is 89.2 Å². The Kier molecular flexibility index (Phi) is 10.7. The maximum Gasteiger partial charge on any atom is -0.0109 e. The van der Waals surface area contributed by atoms with Crippen LogP contribution in [0.4, 0.5) is 0 Å². The second kappa shape index (κ2) is 13.4. The predicted molar refractivity (Wildman–Crippen MR) is 121 cm³/mol. The summed E-state index contributed by atoms with van der Waals surface area (Å²) >= 11 is 0. The maximum atomic E-state index is 3.18. The lowest BCUT2D eigenvalue weighted by molar-refractivity contribution is 0.289. The smallest absolute Gasteiger partial charge is 0.0109 e. The molecule has 0 nitrogen and oxygen atoms in total. The van der Waals surface area contributed by atoms with Crippen LogP contribution in [0.15, 0.2) is 42.5 Å². The molecule has 1 fully saturated rings. The van der Waals surface area contributed by atoms with Crippen LogP contribution in [-0.4, -0.2) is 0 Å². The molecule has 1 aromatic carbocycles. The van der Waals surface area contributed by atoms with Gasteiger partial charge in [0.25, 0.3) is 0 Å². The highest BCUT2D eigenvalue weighted by atomic mass is 14.2. The zero-order valence-corrected chi connectivity index (χ0v) is 17.6. The fourth-order valence-electron chi connectivity index (χ4n) is 4.03. The molecule has 1 aliphatic rings. The molecule has 0 spiro atoms. The first kappa shape index (κ1) is 21.6. The van der Waals surface area contributed by atoms with Crippen LogP contribution in [0.25, 0.3) is 6.08 Å². The molecule has 0 bridgehead atoms.